The van der Waals surface area contributed by atoms with Gasteiger partial charge in [0.05, 0.1) is 18.8 Å². The summed E-state index contributed by atoms with van der Waals surface area (Å²) in [5.74, 6) is 0.795. The zero-order valence-corrected chi connectivity index (χ0v) is 9.19. The van der Waals surface area contributed by atoms with Crippen LogP contribution in [0.3, 0.4) is 0 Å². The quantitative estimate of drug-likeness (QED) is 0.431. The molecule has 1 aromatic rings. The zero-order chi connectivity index (χ0) is 11.3. The van der Waals surface area contributed by atoms with Crippen molar-refractivity contribution in [1.29, 1.82) is 0 Å². The van der Waals surface area contributed by atoms with Gasteiger partial charge >= 0.3 is 0 Å². The monoisotopic (exact) mass is 206 g/mol. The second-order valence-corrected chi connectivity index (χ2v) is 3.14. The second kappa shape index (κ2) is 5.22. The molecule has 0 aromatic carbocycles. The average Bonchev–Trinajstić information content (AvgIpc) is 2.23. The summed E-state index contributed by atoms with van der Waals surface area (Å²) in [5, 5.41) is 3.52. The Kier molecular flexibility index (Phi) is 3.94. The van der Waals surface area contributed by atoms with Gasteiger partial charge in [-0.15, -0.1) is 0 Å². The lowest BCUT2D eigenvalue weighted by Crippen LogP contribution is -2.01. The molecule has 0 saturated heterocycles. The second-order valence-electron chi connectivity index (χ2n) is 3.14. The highest BCUT2D eigenvalue weighted by atomic mass is 16.5. The number of pyridine rings is 1. The van der Waals surface area contributed by atoms with E-state index in [2.05, 4.69) is 15.0 Å². The summed E-state index contributed by atoms with van der Waals surface area (Å²) in [6, 6.07) is 0. The van der Waals surface area contributed by atoms with E-state index in [0.717, 1.165) is 22.6 Å². The maximum Gasteiger partial charge on any atom is 0.143 e. The minimum atomic E-state index is 0.315. The molecule has 1 aromatic heterocycles. The summed E-state index contributed by atoms with van der Waals surface area (Å²) in [6.45, 7) is 6.69. The number of ether oxygens (including phenoxy) is 1. The lowest BCUT2D eigenvalue weighted by Gasteiger charge is -2.12. The van der Waals surface area contributed by atoms with Crippen LogP contribution in [-0.4, -0.2) is 11.6 Å². The fourth-order valence-corrected chi connectivity index (χ4v) is 1.37. The summed E-state index contributed by atoms with van der Waals surface area (Å²) in [4.78, 5) is 6.93. The molecule has 5 nitrogen and oxygen atoms in total. The third kappa shape index (κ3) is 2.60. The largest absolute Gasteiger partial charge is 0.492 e. The molecular formula is C10H14N4O. The lowest BCUT2D eigenvalue weighted by molar-refractivity contribution is 0.333. The van der Waals surface area contributed by atoms with E-state index < -0.39 is 0 Å². The average molecular weight is 206 g/mol. The van der Waals surface area contributed by atoms with E-state index in [-0.39, 0.29) is 0 Å². The molecule has 0 radical (unpaired) electrons. The van der Waals surface area contributed by atoms with Gasteiger partial charge in [-0.1, -0.05) is 5.11 Å². The number of aryl methyl sites for hydroxylation is 1. The Balaban J connectivity index is 3.09. The van der Waals surface area contributed by atoms with Crippen molar-refractivity contribution < 1.29 is 4.74 Å². The zero-order valence-electron chi connectivity index (χ0n) is 9.19. The Bertz CT molecular complexity index is 397. The van der Waals surface area contributed by atoms with E-state index in [4.69, 9.17) is 10.3 Å². The molecule has 0 N–H and O–H groups in total. The topological polar surface area (TPSA) is 70.9 Å². The fraction of sp³-hybridized carbons (Fsp3) is 0.500. The van der Waals surface area contributed by atoms with Gasteiger partial charge in [-0.3, -0.25) is 4.98 Å². The Morgan fingerprint density at radius 3 is 2.87 bits per heavy atom. The van der Waals surface area contributed by atoms with Crippen LogP contribution in [0.15, 0.2) is 11.3 Å². The first-order valence-corrected chi connectivity index (χ1v) is 4.79. The molecule has 0 aliphatic rings. The van der Waals surface area contributed by atoms with Gasteiger partial charge in [-0.25, -0.2) is 0 Å². The predicted octanol–water partition coefficient (Wildman–Crippen LogP) is 2.91. The molecule has 15 heavy (non-hydrogen) atoms. The molecule has 0 bridgehead atoms. The van der Waals surface area contributed by atoms with Crippen molar-refractivity contribution in [3.05, 3.63) is 33.5 Å². The van der Waals surface area contributed by atoms with Crippen molar-refractivity contribution >= 4 is 0 Å². The smallest absolute Gasteiger partial charge is 0.143 e. The molecule has 1 rings (SSSR count). The van der Waals surface area contributed by atoms with Gasteiger partial charge < -0.3 is 4.74 Å². The van der Waals surface area contributed by atoms with Crippen LogP contribution in [0.5, 0.6) is 5.75 Å². The highest BCUT2D eigenvalue weighted by Gasteiger charge is 2.08. The highest BCUT2D eigenvalue weighted by molar-refractivity contribution is 5.40. The number of hydrogen-bond acceptors (Lipinski definition) is 3. The molecule has 5 heteroatoms. The number of azide groups is 1. The summed E-state index contributed by atoms with van der Waals surface area (Å²) in [7, 11) is 0. The van der Waals surface area contributed by atoms with Gasteiger partial charge in [-0.2, -0.15) is 0 Å². The van der Waals surface area contributed by atoms with Crippen molar-refractivity contribution in [3.8, 4) is 5.75 Å². The van der Waals surface area contributed by atoms with Crippen LogP contribution in [0.2, 0.25) is 0 Å². The van der Waals surface area contributed by atoms with Crippen molar-refractivity contribution in [2.24, 2.45) is 5.11 Å². The third-order valence-corrected chi connectivity index (χ3v) is 2.16. The number of rotatable bonds is 4. The van der Waals surface area contributed by atoms with Crippen LogP contribution >= 0.6 is 0 Å². The van der Waals surface area contributed by atoms with Crippen LogP contribution in [0.4, 0.5) is 0 Å². The van der Waals surface area contributed by atoms with Crippen molar-refractivity contribution in [1.82, 2.24) is 4.98 Å². The van der Waals surface area contributed by atoms with Gasteiger partial charge in [0.15, 0.2) is 0 Å². The Morgan fingerprint density at radius 2 is 2.27 bits per heavy atom. The SMILES string of the molecule is CCOc1c(C)ncc(CN=[N+]=[N-])c1C. The van der Waals surface area contributed by atoms with E-state index in [0.29, 0.717) is 13.2 Å². The van der Waals surface area contributed by atoms with E-state index >= 15 is 0 Å². The van der Waals surface area contributed by atoms with Crippen molar-refractivity contribution in [3.63, 3.8) is 0 Å². The molecule has 0 unspecified atom stereocenters. The first-order valence-electron chi connectivity index (χ1n) is 4.79. The van der Waals surface area contributed by atoms with Gasteiger partial charge in [0.1, 0.15) is 5.75 Å². The molecule has 0 atom stereocenters. The van der Waals surface area contributed by atoms with Crippen LogP contribution in [0.1, 0.15) is 23.7 Å². The van der Waals surface area contributed by atoms with Crippen molar-refractivity contribution in [2.75, 3.05) is 6.61 Å². The maximum absolute atomic E-state index is 8.25. The van der Waals surface area contributed by atoms with Crippen LogP contribution < -0.4 is 4.74 Å². The van der Waals surface area contributed by atoms with Gasteiger partial charge in [-0.05, 0) is 37.4 Å². The van der Waals surface area contributed by atoms with Gasteiger partial charge in [0.2, 0.25) is 0 Å². The van der Waals surface area contributed by atoms with Crippen LogP contribution in [0, 0.1) is 13.8 Å². The standard InChI is InChI=1S/C10H14N4O/c1-4-15-10-7(2)9(6-13-14-11)5-12-8(10)3/h5H,4,6H2,1-3H3. The molecule has 0 fully saturated rings. The number of nitrogens with zero attached hydrogens (tertiary/aromatic N) is 4. The van der Waals surface area contributed by atoms with E-state index in [9.17, 15) is 0 Å². The Labute approximate surface area is 88.7 Å². The van der Waals surface area contributed by atoms with Crippen LogP contribution in [-0.2, 0) is 6.54 Å². The summed E-state index contributed by atoms with van der Waals surface area (Å²) < 4.78 is 5.49. The lowest BCUT2D eigenvalue weighted by atomic mass is 10.1. The highest BCUT2D eigenvalue weighted by Crippen LogP contribution is 2.24. The third-order valence-electron chi connectivity index (χ3n) is 2.16. The normalized spacial score (nSPS) is 9.53. The summed E-state index contributed by atoms with van der Waals surface area (Å²) in [6.07, 6.45) is 1.72. The van der Waals surface area contributed by atoms with E-state index in [1.165, 1.54) is 0 Å². The van der Waals surface area contributed by atoms with Gasteiger partial charge in [0, 0.05) is 11.1 Å². The first-order chi connectivity index (χ1) is 7.20. The maximum atomic E-state index is 8.25. The molecule has 80 valence electrons. The minimum Gasteiger partial charge on any atom is -0.492 e. The van der Waals surface area contributed by atoms with Crippen molar-refractivity contribution in [2.45, 2.75) is 27.3 Å². The minimum absolute atomic E-state index is 0.315. The summed E-state index contributed by atoms with van der Waals surface area (Å²) in [5.41, 5.74) is 11.0. The predicted molar refractivity (Wildman–Crippen MR) is 57.7 cm³/mol. The fourth-order valence-electron chi connectivity index (χ4n) is 1.37. The summed E-state index contributed by atoms with van der Waals surface area (Å²) >= 11 is 0. The molecule has 0 amide bonds. The molecule has 0 aliphatic carbocycles. The number of hydrogen-bond donors (Lipinski definition) is 0. The molecular weight excluding hydrogens is 192 g/mol. The van der Waals surface area contributed by atoms with Gasteiger partial charge in [0.25, 0.3) is 0 Å². The number of aromatic nitrogens is 1. The Morgan fingerprint density at radius 1 is 1.53 bits per heavy atom. The molecule has 0 spiro atoms. The Hall–Kier alpha value is -1.74. The molecule has 0 aliphatic heterocycles. The van der Waals surface area contributed by atoms with E-state index in [1.807, 2.05) is 20.8 Å². The van der Waals surface area contributed by atoms with E-state index in [1.54, 1.807) is 6.20 Å². The first kappa shape index (κ1) is 11.3. The molecule has 0 saturated carbocycles. The van der Waals surface area contributed by atoms with Crippen LogP contribution in [0.25, 0.3) is 10.4 Å². The molecule has 1 heterocycles.